The summed E-state index contributed by atoms with van der Waals surface area (Å²) in [6.45, 7) is 0.327. The number of rotatable bonds is 7. The molecule has 1 heterocycles. The molecule has 0 saturated heterocycles. The summed E-state index contributed by atoms with van der Waals surface area (Å²) >= 11 is 5.86. The molecule has 0 aliphatic heterocycles. The zero-order valence-corrected chi connectivity index (χ0v) is 14.4. The highest BCUT2D eigenvalue weighted by Crippen LogP contribution is 2.22. The molecular formula is C17H19ClN2O4. The summed E-state index contributed by atoms with van der Waals surface area (Å²) < 4.78 is 10.2. The van der Waals surface area contributed by atoms with E-state index in [0.29, 0.717) is 29.6 Å². The van der Waals surface area contributed by atoms with Crippen LogP contribution in [0.3, 0.4) is 0 Å². The summed E-state index contributed by atoms with van der Waals surface area (Å²) in [5, 5.41) is 0.652. The number of carbonyl (C=O) groups excluding carboxylic acids is 2. The van der Waals surface area contributed by atoms with Gasteiger partial charge in [0.25, 0.3) is 0 Å². The van der Waals surface area contributed by atoms with E-state index in [2.05, 4.69) is 9.72 Å². The molecule has 0 aliphatic carbocycles. The largest absolute Gasteiger partial charge is 0.469 e. The van der Waals surface area contributed by atoms with Gasteiger partial charge in [-0.15, -0.1) is 0 Å². The minimum absolute atomic E-state index is 0.0786. The number of aromatic nitrogens is 1. The zero-order chi connectivity index (χ0) is 17.5. The van der Waals surface area contributed by atoms with Crippen molar-refractivity contribution in [3.63, 3.8) is 0 Å². The predicted molar refractivity (Wildman–Crippen MR) is 89.5 cm³/mol. The monoisotopic (exact) mass is 350 g/mol. The molecule has 6 nitrogen and oxygen atoms in total. The van der Waals surface area contributed by atoms with E-state index < -0.39 is 0 Å². The number of hydrogen-bond donors (Lipinski definition) is 0. The fourth-order valence-corrected chi connectivity index (χ4v) is 2.19. The van der Waals surface area contributed by atoms with Crippen molar-refractivity contribution in [3.05, 3.63) is 41.4 Å². The third-order valence-electron chi connectivity index (χ3n) is 3.54. The zero-order valence-electron chi connectivity index (χ0n) is 13.6. The van der Waals surface area contributed by atoms with Gasteiger partial charge in [-0.25, -0.2) is 4.98 Å². The van der Waals surface area contributed by atoms with Crippen LogP contribution in [0.1, 0.15) is 18.7 Å². The molecule has 0 unspecified atom stereocenters. The highest BCUT2D eigenvalue weighted by atomic mass is 35.5. The van der Waals surface area contributed by atoms with Crippen molar-refractivity contribution >= 4 is 23.5 Å². The molecule has 0 aliphatic rings. The van der Waals surface area contributed by atoms with E-state index in [1.807, 2.05) is 12.1 Å². The van der Waals surface area contributed by atoms with Crippen LogP contribution in [0.5, 0.6) is 0 Å². The molecule has 24 heavy (non-hydrogen) atoms. The van der Waals surface area contributed by atoms with E-state index in [-0.39, 0.29) is 24.7 Å². The quantitative estimate of drug-likeness (QED) is 0.718. The Kier molecular flexibility index (Phi) is 6.37. The molecule has 0 spiro atoms. The van der Waals surface area contributed by atoms with E-state index in [4.69, 9.17) is 16.0 Å². The van der Waals surface area contributed by atoms with Crippen LogP contribution < -0.4 is 0 Å². The van der Waals surface area contributed by atoms with Gasteiger partial charge in [-0.1, -0.05) is 11.6 Å². The molecule has 0 saturated carbocycles. The molecule has 0 radical (unpaired) electrons. The molecule has 1 aromatic carbocycles. The first-order valence-electron chi connectivity index (χ1n) is 7.51. The highest BCUT2D eigenvalue weighted by Gasteiger charge is 2.13. The molecular weight excluding hydrogens is 332 g/mol. The predicted octanol–water partition coefficient (Wildman–Crippen LogP) is 2.95. The van der Waals surface area contributed by atoms with Gasteiger partial charge in [0.15, 0.2) is 11.7 Å². The van der Waals surface area contributed by atoms with Crippen LogP contribution >= 0.6 is 11.6 Å². The van der Waals surface area contributed by atoms with Gasteiger partial charge < -0.3 is 14.1 Å². The third-order valence-corrected chi connectivity index (χ3v) is 3.79. The number of halogens is 1. The topological polar surface area (TPSA) is 72.6 Å². The average Bonchev–Trinajstić information content (AvgIpc) is 3.06. The maximum Gasteiger partial charge on any atom is 0.307 e. The average molecular weight is 351 g/mol. The molecule has 2 rings (SSSR count). The highest BCUT2D eigenvalue weighted by molar-refractivity contribution is 6.30. The van der Waals surface area contributed by atoms with E-state index in [9.17, 15) is 9.59 Å². The Morgan fingerprint density at radius 3 is 2.62 bits per heavy atom. The molecule has 0 atom stereocenters. The van der Waals surface area contributed by atoms with Crippen LogP contribution in [0, 0.1) is 0 Å². The fourth-order valence-electron chi connectivity index (χ4n) is 2.06. The number of ether oxygens (including phenoxy) is 1. The Bertz CT molecular complexity index is 697. The molecule has 2 aromatic rings. The lowest BCUT2D eigenvalue weighted by Crippen LogP contribution is -2.29. The van der Waals surface area contributed by atoms with Gasteiger partial charge >= 0.3 is 5.97 Å². The van der Waals surface area contributed by atoms with Crippen LogP contribution in [0.4, 0.5) is 0 Å². The van der Waals surface area contributed by atoms with E-state index in [1.54, 1.807) is 25.4 Å². The Balaban J connectivity index is 1.85. The lowest BCUT2D eigenvalue weighted by Gasteiger charge is -2.15. The van der Waals surface area contributed by atoms with E-state index in [0.717, 1.165) is 5.56 Å². The molecule has 0 fully saturated rings. The van der Waals surface area contributed by atoms with Crippen molar-refractivity contribution in [1.82, 2.24) is 9.88 Å². The van der Waals surface area contributed by atoms with E-state index in [1.165, 1.54) is 12.0 Å². The van der Waals surface area contributed by atoms with Crippen molar-refractivity contribution in [1.29, 1.82) is 0 Å². The lowest BCUT2D eigenvalue weighted by molar-refractivity contribution is -0.141. The standard InChI is InChI=1S/C17H19ClN2O4/c1-20(10-9-17(22)23-2)16(21)8-7-15-19-11-14(24-15)12-3-5-13(18)6-4-12/h3-6,11H,7-10H2,1-2H3. The first kappa shape index (κ1) is 18.0. The second-order valence-electron chi connectivity index (χ2n) is 5.27. The van der Waals surface area contributed by atoms with Gasteiger partial charge in [0.1, 0.15) is 0 Å². The van der Waals surface area contributed by atoms with Gasteiger partial charge in [-0.2, -0.15) is 0 Å². The van der Waals surface area contributed by atoms with Gasteiger partial charge in [-0.3, -0.25) is 9.59 Å². The Morgan fingerprint density at radius 1 is 1.25 bits per heavy atom. The number of nitrogens with zero attached hydrogens (tertiary/aromatic N) is 2. The molecule has 1 aromatic heterocycles. The van der Waals surface area contributed by atoms with E-state index >= 15 is 0 Å². The summed E-state index contributed by atoms with van der Waals surface area (Å²) in [6.07, 6.45) is 2.47. The SMILES string of the molecule is COC(=O)CCN(C)C(=O)CCc1ncc(-c2ccc(Cl)cc2)o1. The second kappa shape index (κ2) is 8.49. The van der Waals surface area contributed by atoms with Crippen LogP contribution in [-0.4, -0.2) is 42.5 Å². The second-order valence-corrected chi connectivity index (χ2v) is 5.70. The summed E-state index contributed by atoms with van der Waals surface area (Å²) in [4.78, 5) is 28.8. The summed E-state index contributed by atoms with van der Waals surface area (Å²) in [6, 6.07) is 7.24. The molecule has 0 N–H and O–H groups in total. The summed E-state index contributed by atoms with van der Waals surface area (Å²) in [7, 11) is 2.98. The van der Waals surface area contributed by atoms with Gasteiger partial charge in [0.05, 0.1) is 19.7 Å². The Hall–Kier alpha value is -2.34. The van der Waals surface area contributed by atoms with Gasteiger partial charge in [0, 0.05) is 37.0 Å². The Morgan fingerprint density at radius 2 is 1.96 bits per heavy atom. The van der Waals surface area contributed by atoms with Crippen LogP contribution in [-0.2, 0) is 20.7 Å². The smallest absolute Gasteiger partial charge is 0.307 e. The number of methoxy groups -OCH3 is 1. The molecule has 0 bridgehead atoms. The van der Waals surface area contributed by atoms with Crippen LogP contribution in [0.2, 0.25) is 5.02 Å². The van der Waals surface area contributed by atoms with Crippen molar-refractivity contribution < 1.29 is 18.7 Å². The van der Waals surface area contributed by atoms with Crippen LogP contribution in [0.15, 0.2) is 34.9 Å². The first-order chi connectivity index (χ1) is 11.5. The van der Waals surface area contributed by atoms with Gasteiger partial charge in [-0.05, 0) is 24.3 Å². The number of benzene rings is 1. The maximum absolute atomic E-state index is 12.0. The summed E-state index contributed by atoms with van der Waals surface area (Å²) in [5.74, 6) is 0.711. The molecule has 128 valence electrons. The third kappa shape index (κ3) is 5.09. The number of oxazole rings is 1. The Labute approximate surface area is 145 Å². The van der Waals surface area contributed by atoms with Crippen molar-refractivity contribution in [2.45, 2.75) is 19.3 Å². The lowest BCUT2D eigenvalue weighted by atomic mass is 10.2. The molecule has 7 heteroatoms. The fraction of sp³-hybridized carbons (Fsp3) is 0.353. The maximum atomic E-state index is 12.0. The van der Waals surface area contributed by atoms with Gasteiger partial charge in [0.2, 0.25) is 5.91 Å². The van der Waals surface area contributed by atoms with Crippen molar-refractivity contribution in [2.75, 3.05) is 20.7 Å². The summed E-state index contributed by atoms with van der Waals surface area (Å²) in [5.41, 5.74) is 0.875. The number of hydrogen-bond acceptors (Lipinski definition) is 5. The number of aryl methyl sites for hydroxylation is 1. The first-order valence-corrected chi connectivity index (χ1v) is 7.89. The number of esters is 1. The molecule has 1 amide bonds. The van der Waals surface area contributed by atoms with Crippen molar-refractivity contribution in [2.24, 2.45) is 0 Å². The van der Waals surface area contributed by atoms with Crippen molar-refractivity contribution in [3.8, 4) is 11.3 Å². The number of amides is 1. The minimum Gasteiger partial charge on any atom is -0.469 e. The number of carbonyl (C=O) groups is 2. The normalized spacial score (nSPS) is 10.5. The minimum atomic E-state index is -0.338. The van der Waals surface area contributed by atoms with Crippen LogP contribution in [0.25, 0.3) is 11.3 Å².